The second-order valence-corrected chi connectivity index (χ2v) is 4.05. The van der Waals surface area contributed by atoms with E-state index in [9.17, 15) is 0 Å². The summed E-state index contributed by atoms with van der Waals surface area (Å²) in [6.45, 7) is 1.66. The van der Waals surface area contributed by atoms with Crippen molar-refractivity contribution in [1.29, 1.82) is 5.41 Å². The van der Waals surface area contributed by atoms with Gasteiger partial charge >= 0.3 is 0 Å². The lowest BCUT2D eigenvalue weighted by atomic mass is 10.2. The summed E-state index contributed by atoms with van der Waals surface area (Å²) in [6.07, 6.45) is 1.16. The van der Waals surface area contributed by atoms with E-state index in [1.165, 1.54) is 0 Å². The van der Waals surface area contributed by atoms with Crippen LogP contribution in [0.4, 0.5) is 0 Å². The SMILES string of the molecule is COC1CC(CN(C)C)N(C(=N)N)C1. The Labute approximate surface area is 85.3 Å². The molecule has 0 aromatic carbocycles. The van der Waals surface area contributed by atoms with E-state index >= 15 is 0 Å². The number of ether oxygens (including phenoxy) is 1. The van der Waals surface area contributed by atoms with Crippen LogP contribution in [0.5, 0.6) is 0 Å². The number of likely N-dealkylation sites (N-methyl/N-ethyl adjacent to an activating group) is 1. The van der Waals surface area contributed by atoms with Crippen molar-refractivity contribution < 1.29 is 4.74 Å². The molecule has 0 aromatic heterocycles. The molecule has 1 fully saturated rings. The molecule has 0 aliphatic carbocycles. The van der Waals surface area contributed by atoms with Crippen molar-refractivity contribution in [2.75, 3.05) is 34.3 Å². The Kier molecular flexibility index (Phi) is 3.71. The molecule has 1 aliphatic heterocycles. The molecule has 82 valence electrons. The number of hydrogen-bond acceptors (Lipinski definition) is 3. The predicted molar refractivity (Wildman–Crippen MR) is 56.4 cm³/mol. The molecule has 1 aliphatic rings. The van der Waals surface area contributed by atoms with Gasteiger partial charge in [-0.1, -0.05) is 0 Å². The van der Waals surface area contributed by atoms with Crippen molar-refractivity contribution >= 4 is 5.96 Å². The fourth-order valence-corrected chi connectivity index (χ4v) is 1.93. The second-order valence-electron chi connectivity index (χ2n) is 4.05. The minimum Gasteiger partial charge on any atom is -0.380 e. The smallest absolute Gasteiger partial charge is 0.188 e. The monoisotopic (exact) mass is 200 g/mol. The summed E-state index contributed by atoms with van der Waals surface area (Å²) in [4.78, 5) is 4.02. The highest BCUT2D eigenvalue weighted by Gasteiger charge is 2.32. The molecule has 2 unspecified atom stereocenters. The van der Waals surface area contributed by atoms with Crippen LogP contribution in [0.2, 0.25) is 0 Å². The van der Waals surface area contributed by atoms with Gasteiger partial charge < -0.3 is 20.3 Å². The number of hydrogen-bond donors (Lipinski definition) is 2. The molecule has 1 saturated heterocycles. The van der Waals surface area contributed by atoms with Gasteiger partial charge in [-0.15, -0.1) is 0 Å². The average molecular weight is 200 g/mol. The Balaban J connectivity index is 2.57. The lowest BCUT2D eigenvalue weighted by Gasteiger charge is -2.26. The van der Waals surface area contributed by atoms with E-state index in [1.54, 1.807) is 7.11 Å². The predicted octanol–water partition coefficient (Wildman–Crippen LogP) is -0.469. The average Bonchev–Trinajstić information content (AvgIpc) is 2.46. The summed E-state index contributed by atoms with van der Waals surface area (Å²) in [7, 11) is 5.76. The molecule has 0 spiro atoms. The summed E-state index contributed by atoms with van der Waals surface area (Å²) in [5.74, 6) is 0.149. The third-order valence-electron chi connectivity index (χ3n) is 2.59. The molecule has 3 N–H and O–H groups in total. The molecule has 1 rings (SSSR count). The quantitative estimate of drug-likeness (QED) is 0.477. The molecular weight excluding hydrogens is 180 g/mol. The molecular formula is C9H20N4O. The lowest BCUT2D eigenvalue weighted by Crippen LogP contribution is -2.44. The van der Waals surface area contributed by atoms with Gasteiger partial charge in [0.25, 0.3) is 0 Å². The molecule has 5 heteroatoms. The van der Waals surface area contributed by atoms with E-state index in [0.717, 1.165) is 19.5 Å². The summed E-state index contributed by atoms with van der Waals surface area (Å²) >= 11 is 0. The van der Waals surface area contributed by atoms with Crippen molar-refractivity contribution in [2.45, 2.75) is 18.6 Å². The van der Waals surface area contributed by atoms with Crippen molar-refractivity contribution in [3.8, 4) is 0 Å². The van der Waals surface area contributed by atoms with Gasteiger partial charge in [-0.2, -0.15) is 0 Å². The Bertz CT molecular complexity index is 207. The first-order valence-corrected chi connectivity index (χ1v) is 4.82. The third-order valence-corrected chi connectivity index (χ3v) is 2.59. The van der Waals surface area contributed by atoms with Crippen molar-refractivity contribution in [3.63, 3.8) is 0 Å². The van der Waals surface area contributed by atoms with Gasteiger partial charge in [-0.25, -0.2) is 0 Å². The maximum atomic E-state index is 7.46. The number of nitrogens with zero attached hydrogens (tertiary/aromatic N) is 2. The number of nitrogens with one attached hydrogen (secondary N) is 1. The molecule has 0 saturated carbocycles. The van der Waals surface area contributed by atoms with Crippen LogP contribution in [0, 0.1) is 5.41 Å². The van der Waals surface area contributed by atoms with Crippen molar-refractivity contribution in [3.05, 3.63) is 0 Å². The van der Waals surface area contributed by atoms with Crippen molar-refractivity contribution in [1.82, 2.24) is 9.80 Å². The first-order valence-electron chi connectivity index (χ1n) is 4.82. The highest BCUT2D eigenvalue weighted by Crippen LogP contribution is 2.19. The fourth-order valence-electron chi connectivity index (χ4n) is 1.93. The highest BCUT2D eigenvalue weighted by atomic mass is 16.5. The number of rotatable bonds is 3. The molecule has 0 aromatic rings. The van der Waals surface area contributed by atoms with Crippen molar-refractivity contribution in [2.24, 2.45) is 5.73 Å². The standard InChI is InChI=1S/C9H20N4O/c1-12(2)5-7-4-8(14-3)6-13(7)9(10)11/h7-8H,4-6H2,1-3H3,(H3,10,11). The molecule has 2 atom stereocenters. The minimum atomic E-state index is 0.149. The number of methoxy groups -OCH3 is 1. The normalized spacial score (nSPS) is 27.3. The van der Waals surface area contributed by atoms with Crippen LogP contribution in [0.3, 0.4) is 0 Å². The van der Waals surface area contributed by atoms with E-state index < -0.39 is 0 Å². The van der Waals surface area contributed by atoms with Gasteiger partial charge in [0.1, 0.15) is 0 Å². The number of nitrogens with two attached hydrogens (primary N) is 1. The van der Waals surface area contributed by atoms with Gasteiger partial charge in [-0.05, 0) is 20.5 Å². The lowest BCUT2D eigenvalue weighted by molar-refractivity contribution is 0.113. The van der Waals surface area contributed by atoms with Crippen LogP contribution >= 0.6 is 0 Å². The summed E-state index contributed by atoms with van der Waals surface area (Å²) in [5, 5.41) is 7.46. The number of guanidine groups is 1. The zero-order valence-electron chi connectivity index (χ0n) is 9.16. The van der Waals surface area contributed by atoms with Gasteiger partial charge in [0, 0.05) is 26.2 Å². The largest absolute Gasteiger partial charge is 0.380 e. The molecule has 0 bridgehead atoms. The summed E-state index contributed by atoms with van der Waals surface area (Å²) < 4.78 is 5.29. The zero-order chi connectivity index (χ0) is 10.7. The van der Waals surface area contributed by atoms with E-state index in [0.29, 0.717) is 6.04 Å². The third kappa shape index (κ3) is 2.59. The summed E-state index contributed by atoms with van der Waals surface area (Å²) in [6, 6.07) is 0.312. The van der Waals surface area contributed by atoms with Gasteiger partial charge in [0.15, 0.2) is 5.96 Å². The molecule has 5 nitrogen and oxygen atoms in total. The van der Waals surface area contributed by atoms with Crippen LogP contribution in [0.25, 0.3) is 0 Å². The van der Waals surface area contributed by atoms with Crippen LogP contribution in [0.1, 0.15) is 6.42 Å². The second kappa shape index (κ2) is 4.61. The van der Waals surface area contributed by atoms with Gasteiger partial charge in [0.2, 0.25) is 0 Å². The van der Waals surface area contributed by atoms with Gasteiger partial charge in [0.05, 0.1) is 6.10 Å². The van der Waals surface area contributed by atoms with E-state index in [-0.39, 0.29) is 12.1 Å². The fraction of sp³-hybridized carbons (Fsp3) is 0.889. The van der Waals surface area contributed by atoms with Crippen LogP contribution in [-0.4, -0.2) is 62.2 Å². The van der Waals surface area contributed by atoms with Crippen LogP contribution in [-0.2, 0) is 4.74 Å². The first-order chi connectivity index (χ1) is 6.54. The maximum Gasteiger partial charge on any atom is 0.188 e. The number of likely N-dealkylation sites (tertiary alicyclic amines) is 1. The van der Waals surface area contributed by atoms with E-state index in [4.69, 9.17) is 15.9 Å². The molecule has 14 heavy (non-hydrogen) atoms. The zero-order valence-corrected chi connectivity index (χ0v) is 9.16. The molecule has 1 heterocycles. The Morgan fingerprint density at radius 3 is 2.71 bits per heavy atom. The minimum absolute atomic E-state index is 0.149. The molecule has 0 amide bonds. The van der Waals surface area contributed by atoms with E-state index in [2.05, 4.69) is 4.90 Å². The molecule has 0 radical (unpaired) electrons. The Hall–Kier alpha value is -0.810. The first kappa shape index (κ1) is 11.3. The van der Waals surface area contributed by atoms with Crippen LogP contribution in [0.15, 0.2) is 0 Å². The Morgan fingerprint density at radius 1 is 1.64 bits per heavy atom. The highest BCUT2D eigenvalue weighted by molar-refractivity contribution is 5.75. The van der Waals surface area contributed by atoms with E-state index in [1.807, 2.05) is 19.0 Å². The Morgan fingerprint density at radius 2 is 2.29 bits per heavy atom. The topological polar surface area (TPSA) is 65.6 Å². The van der Waals surface area contributed by atoms with Crippen LogP contribution < -0.4 is 5.73 Å². The maximum absolute atomic E-state index is 7.46. The van der Waals surface area contributed by atoms with Gasteiger partial charge in [-0.3, -0.25) is 5.41 Å². The summed E-state index contributed by atoms with van der Waals surface area (Å²) in [5.41, 5.74) is 5.52.